The van der Waals surface area contributed by atoms with Gasteiger partial charge in [0.15, 0.2) is 0 Å². The molecule has 0 unspecified atom stereocenters. The van der Waals surface area contributed by atoms with Crippen molar-refractivity contribution >= 4 is 24.4 Å². The van der Waals surface area contributed by atoms with Crippen molar-refractivity contribution in [3.63, 3.8) is 0 Å². The molecule has 1 fully saturated rings. The molecule has 1 aromatic rings. The van der Waals surface area contributed by atoms with E-state index >= 15 is 0 Å². The number of methoxy groups -OCH3 is 1. The van der Waals surface area contributed by atoms with Gasteiger partial charge in [-0.3, -0.25) is 0 Å². The molecule has 26 heavy (non-hydrogen) atoms. The van der Waals surface area contributed by atoms with E-state index in [1.807, 2.05) is 26.0 Å². The molecular weight excluding hydrogens is 356 g/mol. The second-order valence-electron chi connectivity index (χ2n) is 7.07. The summed E-state index contributed by atoms with van der Waals surface area (Å²) in [7, 11) is 1.54. The molecule has 0 aliphatic heterocycles. The molecule has 0 amide bonds. The van der Waals surface area contributed by atoms with Crippen LogP contribution < -0.4 is 10.5 Å². The molecule has 0 spiro atoms. The number of thiol groups is 1. The topological polar surface area (TPSA) is 71.9 Å². The molecule has 0 saturated heterocycles. The molecule has 7 heteroatoms. The number of allylic oxidation sites excluding steroid dienone is 1. The van der Waals surface area contributed by atoms with Gasteiger partial charge in [0, 0.05) is 24.2 Å². The summed E-state index contributed by atoms with van der Waals surface area (Å²) in [6.45, 7) is 3.72. The van der Waals surface area contributed by atoms with Crippen molar-refractivity contribution in [1.29, 1.82) is 5.26 Å². The number of anilines is 1. The average molecular weight is 384 g/mol. The van der Waals surface area contributed by atoms with Gasteiger partial charge in [-0.05, 0) is 38.7 Å². The van der Waals surface area contributed by atoms with E-state index in [0.29, 0.717) is 30.2 Å². The third kappa shape index (κ3) is 7.61. The van der Waals surface area contributed by atoms with Gasteiger partial charge in [0.05, 0.1) is 30.5 Å². The highest BCUT2D eigenvalue weighted by Gasteiger charge is 2.33. The van der Waals surface area contributed by atoms with Crippen LogP contribution in [0.4, 0.5) is 14.5 Å². The smallest absolute Gasteiger partial charge is 0.248 e. The number of aromatic nitrogens is 1. The van der Waals surface area contributed by atoms with E-state index in [2.05, 4.69) is 23.7 Å². The Balaban J connectivity index is 0.000000412. The first kappa shape index (κ1) is 22.2. The molecule has 0 bridgehead atoms. The molecule has 144 valence electrons. The fourth-order valence-electron chi connectivity index (χ4n) is 2.31. The number of nitriles is 1. The van der Waals surface area contributed by atoms with Crippen LogP contribution in [-0.2, 0) is 0 Å². The molecular formula is C19H27F2N3OS. The Morgan fingerprint density at radius 2 is 2.08 bits per heavy atom. The van der Waals surface area contributed by atoms with E-state index in [-0.39, 0.29) is 24.2 Å². The summed E-state index contributed by atoms with van der Waals surface area (Å²) in [4.78, 5) is 4.07. The summed E-state index contributed by atoms with van der Waals surface area (Å²) >= 11 is 3.96. The van der Waals surface area contributed by atoms with E-state index in [4.69, 9.17) is 15.7 Å². The van der Waals surface area contributed by atoms with E-state index in [1.54, 1.807) is 6.07 Å². The van der Waals surface area contributed by atoms with Crippen molar-refractivity contribution in [1.82, 2.24) is 4.98 Å². The summed E-state index contributed by atoms with van der Waals surface area (Å²) in [5, 5.41) is 8.30. The quantitative estimate of drug-likeness (QED) is 0.720. The summed E-state index contributed by atoms with van der Waals surface area (Å²) in [6.07, 6.45) is 6.30. The number of ether oxygens (including phenoxy) is 1. The zero-order valence-corrected chi connectivity index (χ0v) is 16.4. The minimum Gasteiger partial charge on any atom is -0.481 e. The van der Waals surface area contributed by atoms with Crippen molar-refractivity contribution in [3.8, 4) is 11.9 Å². The highest BCUT2D eigenvalue weighted by Crippen LogP contribution is 2.37. The molecule has 0 atom stereocenters. The van der Waals surface area contributed by atoms with Gasteiger partial charge in [0.25, 0.3) is 0 Å². The fraction of sp³-hybridized carbons (Fsp3) is 0.579. The zero-order valence-electron chi connectivity index (χ0n) is 15.5. The Hall–Kier alpha value is -1.81. The van der Waals surface area contributed by atoms with Gasteiger partial charge in [-0.1, -0.05) is 12.2 Å². The van der Waals surface area contributed by atoms with Gasteiger partial charge in [0.2, 0.25) is 11.8 Å². The van der Waals surface area contributed by atoms with Gasteiger partial charge in [-0.15, -0.1) is 0 Å². The number of nitrogen functional groups attached to an aromatic ring is 1. The SMILES string of the molecule is CC(C)(C#N)CS.COc1ncc(N)cc1/C=C/C1CCC(F)(F)CC1. The van der Waals surface area contributed by atoms with Gasteiger partial charge in [0.1, 0.15) is 0 Å². The van der Waals surface area contributed by atoms with Crippen LogP contribution in [0.5, 0.6) is 5.88 Å². The fourth-order valence-corrected chi connectivity index (χ4v) is 2.38. The van der Waals surface area contributed by atoms with Crippen molar-refractivity contribution in [3.05, 3.63) is 23.9 Å². The second-order valence-corrected chi connectivity index (χ2v) is 7.39. The monoisotopic (exact) mass is 383 g/mol. The van der Waals surface area contributed by atoms with Crippen molar-refractivity contribution in [2.45, 2.75) is 45.5 Å². The van der Waals surface area contributed by atoms with Crippen molar-refractivity contribution in [2.75, 3.05) is 18.6 Å². The maximum Gasteiger partial charge on any atom is 0.248 e. The van der Waals surface area contributed by atoms with Gasteiger partial charge in [-0.2, -0.15) is 17.9 Å². The van der Waals surface area contributed by atoms with E-state index in [1.165, 1.54) is 13.3 Å². The van der Waals surface area contributed by atoms with Crippen molar-refractivity contribution in [2.24, 2.45) is 11.3 Å². The van der Waals surface area contributed by atoms with E-state index in [9.17, 15) is 8.78 Å². The number of halogens is 2. The molecule has 1 aromatic heterocycles. The Bertz CT molecular complexity index is 647. The van der Waals surface area contributed by atoms with Crippen LogP contribution in [0.2, 0.25) is 0 Å². The number of pyridine rings is 1. The van der Waals surface area contributed by atoms with Crippen LogP contribution in [0.1, 0.15) is 45.1 Å². The first-order valence-electron chi connectivity index (χ1n) is 8.50. The van der Waals surface area contributed by atoms with Crippen LogP contribution in [0.25, 0.3) is 6.08 Å². The van der Waals surface area contributed by atoms with Gasteiger partial charge >= 0.3 is 0 Å². The third-order valence-electron chi connectivity index (χ3n) is 4.10. The largest absolute Gasteiger partial charge is 0.481 e. The second kappa shape index (κ2) is 9.77. The maximum atomic E-state index is 13.0. The number of nitrogens with two attached hydrogens (primary N) is 1. The lowest BCUT2D eigenvalue weighted by Crippen LogP contribution is -2.23. The summed E-state index contributed by atoms with van der Waals surface area (Å²) in [5.41, 5.74) is 6.76. The van der Waals surface area contributed by atoms with E-state index < -0.39 is 5.92 Å². The number of alkyl halides is 2. The summed E-state index contributed by atoms with van der Waals surface area (Å²) in [6, 6.07) is 3.88. The molecule has 1 saturated carbocycles. The Labute approximate surface area is 159 Å². The van der Waals surface area contributed by atoms with Crippen LogP contribution in [0.15, 0.2) is 18.3 Å². The normalized spacial score (nSPS) is 17.3. The van der Waals surface area contributed by atoms with Crippen LogP contribution >= 0.6 is 12.6 Å². The van der Waals surface area contributed by atoms with Crippen LogP contribution in [0, 0.1) is 22.7 Å². The van der Waals surface area contributed by atoms with Gasteiger partial charge < -0.3 is 10.5 Å². The van der Waals surface area contributed by atoms with Crippen molar-refractivity contribution < 1.29 is 13.5 Å². The number of nitrogens with zero attached hydrogens (tertiary/aromatic N) is 2. The molecule has 0 aromatic carbocycles. The third-order valence-corrected chi connectivity index (χ3v) is 4.89. The first-order chi connectivity index (χ1) is 12.1. The lowest BCUT2D eigenvalue weighted by Gasteiger charge is -2.26. The van der Waals surface area contributed by atoms with E-state index in [0.717, 1.165) is 5.56 Å². The molecule has 2 rings (SSSR count). The minimum atomic E-state index is -2.49. The van der Waals surface area contributed by atoms with Gasteiger partial charge in [-0.25, -0.2) is 13.8 Å². The molecule has 1 aliphatic carbocycles. The Morgan fingerprint density at radius 1 is 1.46 bits per heavy atom. The highest BCUT2D eigenvalue weighted by molar-refractivity contribution is 7.80. The Morgan fingerprint density at radius 3 is 2.54 bits per heavy atom. The number of rotatable bonds is 4. The highest BCUT2D eigenvalue weighted by atomic mass is 32.1. The first-order valence-corrected chi connectivity index (χ1v) is 9.13. The zero-order chi connectivity index (χ0) is 19.8. The minimum absolute atomic E-state index is 0.0334. The standard InChI is InChI=1S/C14H18F2N2O.C5H9NS/c1-19-13-11(8-12(17)9-18-13)3-2-10-4-6-14(15,16)7-5-10;1-5(2,3-6)4-7/h2-3,8-10H,4-7,17H2,1H3;7H,4H2,1-2H3/b3-2+;. The van der Waals surface area contributed by atoms with Crippen LogP contribution in [0.3, 0.4) is 0 Å². The predicted molar refractivity (Wildman–Crippen MR) is 104 cm³/mol. The lowest BCUT2D eigenvalue weighted by atomic mass is 9.86. The maximum absolute atomic E-state index is 13.0. The Kier molecular flexibility index (Phi) is 8.35. The molecule has 2 N–H and O–H groups in total. The molecule has 1 aliphatic rings. The molecule has 1 heterocycles. The molecule has 4 nitrogen and oxygen atoms in total. The van der Waals surface area contributed by atoms with Crippen LogP contribution in [-0.4, -0.2) is 23.8 Å². The summed E-state index contributed by atoms with van der Waals surface area (Å²) < 4.78 is 31.2. The number of hydrogen-bond acceptors (Lipinski definition) is 5. The average Bonchev–Trinajstić information content (AvgIpc) is 2.61. The predicted octanol–water partition coefficient (Wildman–Crippen LogP) is 4.98. The summed E-state index contributed by atoms with van der Waals surface area (Å²) in [5.74, 6) is -1.18. The molecule has 0 radical (unpaired) electrons. The lowest BCUT2D eigenvalue weighted by molar-refractivity contribution is -0.0410. The number of hydrogen-bond donors (Lipinski definition) is 2.